The molecule has 1 amide bonds. The van der Waals surface area contributed by atoms with Gasteiger partial charge in [-0.2, -0.15) is 4.98 Å². The maximum absolute atomic E-state index is 14.6. The summed E-state index contributed by atoms with van der Waals surface area (Å²) in [5, 5.41) is 0. The summed E-state index contributed by atoms with van der Waals surface area (Å²) < 4.78 is 37.3. The van der Waals surface area contributed by atoms with Gasteiger partial charge in [0.2, 0.25) is 11.8 Å². The van der Waals surface area contributed by atoms with Gasteiger partial charge in [-0.25, -0.2) is 28.1 Å². The molecule has 2 aromatic carbocycles. The van der Waals surface area contributed by atoms with Gasteiger partial charge in [0.05, 0.1) is 41.3 Å². The first kappa shape index (κ1) is 38.7. The number of sulfonamides is 1. The number of aromatic nitrogens is 4. The number of ether oxygens (including phenoxy) is 1. The van der Waals surface area contributed by atoms with Crippen LogP contribution in [0.3, 0.4) is 0 Å². The summed E-state index contributed by atoms with van der Waals surface area (Å²) in [6, 6.07) is 12.0. The number of anilines is 2. The predicted octanol–water partition coefficient (Wildman–Crippen LogP) is 8.16. The van der Waals surface area contributed by atoms with Gasteiger partial charge >= 0.3 is 0 Å². The van der Waals surface area contributed by atoms with Gasteiger partial charge in [0.1, 0.15) is 12.4 Å². The zero-order chi connectivity index (χ0) is 39.1. The van der Waals surface area contributed by atoms with Crippen molar-refractivity contribution in [3.8, 4) is 17.1 Å². The van der Waals surface area contributed by atoms with E-state index in [1.165, 1.54) is 43.4 Å². The third-order valence-electron chi connectivity index (χ3n) is 11.3. The highest BCUT2D eigenvalue weighted by atomic mass is 32.2. The van der Waals surface area contributed by atoms with Gasteiger partial charge in [-0.1, -0.05) is 84.6 Å². The van der Waals surface area contributed by atoms with Gasteiger partial charge in [0.15, 0.2) is 0 Å². The number of benzene rings is 2. The summed E-state index contributed by atoms with van der Waals surface area (Å²) >= 11 is 0. The molecule has 2 aromatic heterocycles. The number of nitrogens with one attached hydrogen (secondary N) is 1. The van der Waals surface area contributed by atoms with Crippen LogP contribution in [-0.4, -0.2) is 64.9 Å². The largest absolute Gasteiger partial charge is 0.475 e. The molecule has 3 aliphatic rings. The molecule has 0 radical (unpaired) electrons. The van der Waals surface area contributed by atoms with Gasteiger partial charge < -0.3 is 14.5 Å². The third-order valence-corrected chi connectivity index (χ3v) is 12.6. The molecule has 11 nitrogen and oxygen atoms in total. The van der Waals surface area contributed by atoms with Crippen LogP contribution < -0.4 is 14.4 Å². The molecule has 7 rings (SSSR count). The van der Waals surface area contributed by atoms with Crippen molar-refractivity contribution in [2.45, 2.75) is 111 Å². The van der Waals surface area contributed by atoms with Crippen molar-refractivity contribution in [3.05, 3.63) is 82.9 Å². The lowest BCUT2D eigenvalue weighted by atomic mass is 9.87. The summed E-state index contributed by atoms with van der Waals surface area (Å²) in [6.07, 6.45) is 11.2. The van der Waals surface area contributed by atoms with E-state index in [4.69, 9.17) is 19.7 Å². The second-order valence-electron chi connectivity index (χ2n) is 17.8. The van der Waals surface area contributed by atoms with Gasteiger partial charge in [-0.3, -0.25) is 4.79 Å². The van der Waals surface area contributed by atoms with E-state index in [-0.39, 0.29) is 52.2 Å². The number of amides is 1. The van der Waals surface area contributed by atoms with E-state index >= 15 is 0 Å². The van der Waals surface area contributed by atoms with Crippen LogP contribution in [0.15, 0.2) is 59.8 Å². The highest BCUT2D eigenvalue weighted by Crippen LogP contribution is 2.38. The van der Waals surface area contributed by atoms with Crippen molar-refractivity contribution in [2.75, 3.05) is 29.3 Å². The Bertz CT molecular complexity index is 2160. The number of fused-ring (bicyclic) bond motifs is 4. The summed E-state index contributed by atoms with van der Waals surface area (Å²) in [7, 11) is -4.20. The molecule has 292 valence electrons. The van der Waals surface area contributed by atoms with E-state index in [2.05, 4.69) is 74.3 Å². The molecule has 0 spiro atoms. The average molecular weight is 766 g/mol. The summed E-state index contributed by atoms with van der Waals surface area (Å²) in [4.78, 5) is 37.7. The lowest BCUT2D eigenvalue weighted by molar-refractivity contribution is 0.0504. The quantitative estimate of drug-likeness (QED) is 0.198. The summed E-state index contributed by atoms with van der Waals surface area (Å²) in [5.74, 6) is 0.931. The number of rotatable bonds is 7. The van der Waals surface area contributed by atoms with Crippen molar-refractivity contribution >= 4 is 27.6 Å². The number of nitrogens with zero attached hydrogens (tertiary/aromatic N) is 6. The summed E-state index contributed by atoms with van der Waals surface area (Å²) in [6.45, 7) is 17.0. The van der Waals surface area contributed by atoms with Crippen LogP contribution in [0.1, 0.15) is 106 Å². The van der Waals surface area contributed by atoms with E-state index in [1.54, 1.807) is 17.0 Å². The first-order chi connectivity index (χ1) is 26.0. The molecule has 1 atom stereocenters. The Morgan fingerprint density at radius 1 is 1.00 bits per heavy atom. The van der Waals surface area contributed by atoms with Crippen LogP contribution in [0, 0.1) is 30.6 Å². The van der Waals surface area contributed by atoms with E-state index in [1.807, 2.05) is 19.3 Å². The van der Waals surface area contributed by atoms with Crippen molar-refractivity contribution in [2.24, 2.45) is 16.7 Å². The molecule has 1 aliphatic carbocycles. The highest BCUT2D eigenvalue weighted by Gasteiger charge is 2.34. The number of carbonyl (C=O) groups is 1. The fourth-order valence-electron chi connectivity index (χ4n) is 8.42. The van der Waals surface area contributed by atoms with Crippen molar-refractivity contribution in [1.29, 1.82) is 0 Å². The van der Waals surface area contributed by atoms with Crippen LogP contribution in [0.5, 0.6) is 5.88 Å². The standard InChI is InChI=1S/C43H55N7O4S/c1-28-12-10-15-31(20-30-13-8-9-14-30)37(28)38-29(2)39-47-41(46-38)48-55(52,53)35-17-11-16-32(21-35)40(51)50(33(26-54-39)22-42(3,4)5)25-36-44-23-34(24-45-36)49-19-18-43(6,7)27-49/h10-12,15-17,21,23-24,30,33H,8-9,13-14,18-20,22,25-27H2,1-7H3,(H,46,47,48)/t33-/m1/s1. The van der Waals surface area contributed by atoms with Crippen molar-refractivity contribution in [1.82, 2.24) is 24.8 Å². The SMILES string of the molecule is Cc1cccc(CC2CCCC2)c1-c1nc2nc(c1C)OC[C@@H](CC(C)(C)C)N(Cc1ncc(N3CCC(C)(C)C3)cn1)C(=O)c1cccc(c1)S(=O)(=O)N2. The molecule has 55 heavy (non-hydrogen) atoms. The maximum atomic E-state index is 14.6. The van der Waals surface area contributed by atoms with Crippen LogP contribution in [-0.2, 0) is 23.0 Å². The molecule has 1 saturated carbocycles. The van der Waals surface area contributed by atoms with Crippen LogP contribution in [0.25, 0.3) is 11.3 Å². The first-order valence-corrected chi connectivity index (χ1v) is 21.1. The van der Waals surface area contributed by atoms with Gasteiger partial charge in [0.25, 0.3) is 15.9 Å². The Morgan fingerprint density at radius 2 is 1.73 bits per heavy atom. The van der Waals surface area contributed by atoms with Crippen molar-refractivity contribution in [3.63, 3.8) is 0 Å². The Morgan fingerprint density at radius 3 is 2.42 bits per heavy atom. The molecule has 1 N–H and O–H groups in total. The second-order valence-corrected chi connectivity index (χ2v) is 19.5. The molecule has 0 unspecified atom stereocenters. The number of hydrogen-bond donors (Lipinski definition) is 1. The molecular formula is C43H55N7O4S. The molecule has 4 aromatic rings. The maximum Gasteiger partial charge on any atom is 0.264 e. The fourth-order valence-corrected chi connectivity index (χ4v) is 9.41. The molecule has 12 heteroatoms. The first-order valence-electron chi connectivity index (χ1n) is 19.7. The zero-order valence-electron chi connectivity index (χ0n) is 33.4. The molecule has 1 saturated heterocycles. The number of aryl methyl sites for hydroxylation is 1. The lowest BCUT2D eigenvalue weighted by Gasteiger charge is -2.35. The third kappa shape index (κ3) is 8.79. The molecule has 4 bridgehead atoms. The van der Waals surface area contributed by atoms with Crippen molar-refractivity contribution < 1.29 is 17.9 Å². The Kier molecular flexibility index (Phi) is 10.7. The molecule has 4 heterocycles. The van der Waals surface area contributed by atoms with Gasteiger partial charge in [-0.05, 0) is 79.2 Å². The Labute approximate surface area is 326 Å². The number of carbonyl (C=O) groups excluding carboxylic acids is 1. The summed E-state index contributed by atoms with van der Waals surface area (Å²) in [5.41, 5.74) is 5.76. The monoisotopic (exact) mass is 765 g/mol. The lowest BCUT2D eigenvalue weighted by Crippen LogP contribution is -2.45. The zero-order valence-corrected chi connectivity index (χ0v) is 34.2. The van der Waals surface area contributed by atoms with Crippen LogP contribution in [0.2, 0.25) is 0 Å². The number of hydrogen-bond acceptors (Lipinski definition) is 9. The Hall–Kier alpha value is -4.58. The van der Waals surface area contributed by atoms with E-state index in [0.717, 1.165) is 42.7 Å². The van der Waals surface area contributed by atoms with Gasteiger partial charge in [-0.15, -0.1) is 0 Å². The minimum Gasteiger partial charge on any atom is -0.475 e. The average Bonchev–Trinajstić information content (AvgIpc) is 3.78. The molecule has 2 aliphatic heterocycles. The normalized spacial score (nSPS) is 20.0. The smallest absolute Gasteiger partial charge is 0.264 e. The molecule has 2 fully saturated rings. The molecular weight excluding hydrogens is 711 g/mol. The minimum atomic E-state index is -4.20. The minimum absolute atomic E-state index is 0.0648. The van der Waals surface area contributed by atoms with E-state index in [0.29, 0.717) is 29.4 Å². The highest BCUT2D eigenvalue weighted by molar-refractivity contribution is 7.92. The topological polar surface area (TPSA) is 131 Å². The van der Waals surface area contributed by atoms with E-state index < -0.39 is 16.1 Å². The Balaban J connectivity index is 1.31. The van der Waals surface area contributed by atoms with Crippen LogP contribution in [0.4, 0.5) is 11.6 Å². The fraction of sp³-hybridized carbons (Fsp3) is 0.512. The van der Waals surface area contributed by atoms with Gasteiger partial charge in [0, 0.05) is 29.8 Å². The van der Waals surface area contributed by atoms with E-state index in [9.17, 15) is 13.2 Å². The van der Waals surface area contributed by atoms with Crippen LogP contribution >= 0.6 is 0 Å². The second kappa shape index (κ2) is 15.2. The predicted molar refractivity (Wildman–Crippen MR) is 216 cm³/mol.